The molecule has 1 amide bonds. The maximum atomic E-state index is 12.5. The van der Waals surface area contributed by atoms with Gasteiger partial charge in [0, 0.05) is 23.7 Å². The monoisotopic (exact) mass is 461 g/mol. The second-order valence-electron chi connectivity index (χ2n) is 9.22. The molecule has 1 N–H and O–H groups in total. The van der Waals surface area contributed by atoms with E-state index in [-0.39, 0.29) is 18.5 Å². The lowest BCUT2D eigenvalue weighted by Gasteiger charge is -2.26. The summed E-state index contributed by atoms with van der Waals surface area (Å²) in [6.45, 7) is 7.54. The average Bonchev–Trinajstić information content (AvgIpc) is 3.26. The Hall–Kier alpha value is -3.19. The first-order chi connectivity index (χ1) is 16.5. The Bertz CT molecular complexity index is 1080. The average molecular weight is 462 g/mol. The quantitative estimate of drug-likeness (QED) is 0.518. The van der Waals surface area contributed by atoms with Gasteiger partial charge in [-0.2, -0.15) is 0 Å². The van der Waals surface area contributed by atoms with Gasteiger partial charge in [-0.15, -0.1) is 5.10 Å². The highest BCUT2D eigenvalue weighted by molar-refractivity contribution is 5.77. The normalized spacial score (nSPS) is 14.4. The van der Waals surface area contributed by atoms with Crippen molar-refractivity contribution in [1.29, 1.82) is 0 Å². The highest BCUT2D eigenvalue weighted by Gasteiger charge is 2.17. The minimum atomic E-state index is -0.0938. The summed E-state index contributed by atoms with van der Waals surface area (Å²) in [6.07, 6.45) is 5.05. The maximum Gasteiger partial charge on any atom is 0.242 e. The molecular weight excluding hydrogens is 426 g/mol. The molecule has 1 saturated heterocycles. The Morgan fingerprint density at radius 1 is 1.06 bits per heavy atom. The van der Waals surface area contributed by atoms with E-state index >= 15 is 0 Å². The molecular formula is C27H35N5O2. The Labute approximate surface area is 202 Å². The van der Waals surface area contributed by atoms with Gasteiger partial charge in [0.25, 0.3) is 0 Å². The molecule has 0 saturated carbocycles. The van der Waals surface area contributed by atoms with Gasteiger partial charge < -0.3 is 15.0 Å². The number of rotatable bonds is 9. The topological polar surface area (TPSA) is 72.3 Å². The molecule has 7 nitrogen and oxygen atoms in total. The van der Waals surface area contributed by atoms with Crippen molar-refractivity contribution in [2.24, 2.45) is 0 Å². The number of carbonyl (C=O) groups is 1. The summed E-state index contributed by atoms with van der Waals surface area (Å²) < 4.78 is 7.05. The van der Waals surface area contributed by atoms with Crippen LogP contribution in [-0.4, -0.2) is 58.4 Å². The minimum Gasteiger partial charge on any atom is -0.497 e. The summed E-state index contributed by atoms with van der Waals surface area (Å²) in [5.74, 6) is 1.89. The van der Waals surface area contributed by atoms with Gasteiger partial charge in [-0.1, -0.05) is 42.8 Å². The fourth-order valence-corrected chi connectivity index (χ4v) is 4.34. The number of aromatic nitrogens is 3. The number of amides is 1. The molecule has 4 rings (SSSR count). The number of ether oxygens (including phenoxy) is 1. The zero-order valence-electron chi connectivity index (χ0n) is 20.5. The van der Waals surface area contributed by atoms with E-state index < -0.39 is 0 Å². The fourth-order valence-electron chi connectivity index (χ4n) is 4.34. The predicted octanol–water partition coefficient (Wildman–Crippen LogP) is 4.17. The summed E-state index contributed by atoms with van der Waals surface area (Å²) in [4.78, 5) is 19.9. The van der Waals surface area contributed by atoms with Crippen molar-refractivity contribution in [3.8, 4) is 28.5 Å². The van der Waals surface area contributed by atoms with E-state index in [9.17, 15) is 4.79 Å². The van der Waals surface area contributed by atoms with Crippen molar-refractivity contribution in [2.45, 2.75) is 52.1 Å². The minimum absolute atomic E-state index is 0.0632. The maximum absolute atomic E-state index is 12.5. The van der Waals surface area contributed by atoms with E-state index in [0.717, 1.165) is 29.8 Å². The molecule has 180 valence electrons. The molecule has 34 heavy (non-hydrogen) atoms. The van der Waals surface area contributed by atoms with E-state index in [1.165, 1.54) is 37.9 Å². The van der Waals surface area contributed by atoms with Crippen LogP contribution in [0.15, 0.2) is 48.5 Å². The van der Waals surface area contributed by atoms with Gasteiger partial charge in [0.2, 0.25) is 5.91 Å². The number of hydrogen-bond acceptors (Lipinski definition) is 5. The molecule has 0 spiro atoms. The molecule has 0 radical (unpaired) electrons. The van der Waals surface area contributed by atoms with Crippen molar-refractivity contribution in [1.82, 2.24) is 25.0 Å². The Balaban J connectivity index is 1.55. The third kappa shape index (κ3) is 6.23. The fraction of sp³-hybridized carbons (Fsp3) is 0.444. The summed E-state index contributed by atoms with van der Waals surface area (Å²) in [5, 5.41) is 7.64. The molecule has 7 heteroatoms. The zero-order valence-corrected chi connectivity index (χ0v) is 20.5. The molecule has 1 aromatic heterocycles. The van der Waals surface area contributed by atoms with Gasteiger partial charge in [-0.05, 0) is 63.9 Å². The van der Waals surface area contributed by atoms with Gasteiger partial charge in [0.05, 0.1) is 7.11 Å². The van der Waals surface area contributed by atoms with Crippen LogP contribution in [0.3, 0.4) is 0 Å². The van der Waals surface area contributed by atoms with Gasteiger partial charge in [0.15, 0.2) is 11.6 Å². The Morgan fingerprint density at radius 3 is 2.53 bits per heavy atom. The molecule has 1 fully saturated rings. The van der Waals surface area contributed by atoms with Gasteiger partial charge in [-0.25, -0.2) is 9.67 Å². The van der Waals surface area contributed by atoms with Crippen LogP contribution in [0.4, 0.5) is 0 Å². The van der Waals surface area contributed by atoms with Crippen LogP contribution in [-0.2, 0) is 17.8 Å². The Kier molecular flexibility index (Phi) is 7.95. The van der Waals surface area contributed by atoms with E-state index in [2.05, 4.69) is 34.5 Å². The number of piperidine rings is 1. The summed E-state index contributed by atoms with van der Waals surface area (Å²) >= 11 is 0. The molecule has 1 aliphatic rings. The van der Waals surface area contributed by atoms with E-state index in [1.807, 2.05) is 38.1 Å². The third-order valence-electron chi connectivity index (χ3n) is 6.12. The second-order valence-corrected chi connectivity index (χ2v) is 9.22. The molecule has 0 aliphatic carbocycles. The number of nitrogens with zero attached hydrogens (tertiary/aromatic N) is 4. The molecule has 2 heterocycles. The first-order valence-corrected chi connectivity index (χ1v) is 12.2. The van der Waals surface area contributed by atoms with Crippen molar-refractivity contribution >= 4 is 5.91 Å². The molecule has 2 aromatic carbocycles. The van der Waals surface area contributed by atoms with Crippen LogP contribution >= 0.6 is 0 Å². The first-order valence-electron chi connectivity index (χ1n) is 12.2. The number of likely N-dealkylation sites (tertiary alicyclic amines) is 1. The highest BCUT2D eigenvalue weighted by Crippen LogP contribution is 2.26. The number of hydrogen-bond donors (Lipinski definition) is 1. The molecule has 0 unspecified atom stereocenters. The number of benzene rings is 2. The number of carbonyl (C=O) groups excluding carboxylic acids is 1. The van der Waals surface area contributed by atoms with Crippen molar-refractivity contribution in [2.75, 3.05) is 26.7 Å². The van der Waals surface area contributed by atoms with E-state index in [4.69, 9.17) is 14.8 Å². The molecule has 1 aliphatic heterocycles. The third-order valence-corrected chi connectivity index (χ3v) is 6.12. The van der Waals surface area contributed by atoms with Crippen molar-refractivity contribution in [3.63, 3.8) is 0 Å². The van der Waals surface area contributed by atoms with Crippen LogP contribution in [0, 0.1) is 0 Å². The van der Waals surface area contributed by atoms with Gasteiger partial charge >= 0.3 is 0 Å². The lowest BCUT2D eigenvalue weighted by molar-refractivity contribution is -0.122. The molecule has 0 atom stereocenters. The lowest BCUT2D eigenvalue weighted by atomic mass is 10.1. The van der Waals surface area contributed by atoms with Gasteiger partial charge in [0.1, 0.15) is 12.3 Å². The van der Waals surface area contributed by atoms with Crippen molar-refractivity contribution in [3.05, 3.63) is 54.1 Å². The number of methoxy groups -OCH3 is 1. The number of nitrogens with one attached hydrogen (secondary N) is 1. The van der Waals surface area contributed by atoms with E-state index in [0.29, 0.717) is 11.6 Å². The second kappa shape index (κ2) is 11.3. The van der Waals surface area contributed by atoms with Crippen LogP contribution in [0.5, 0.6) is 5.75 Å². The van der Waals surface area contributed by atoms with E-state index in [1.54, 1.807) is 11.8 Å². The SMILES string of the molecule is COc1cccc(-c2nc(-c3ccc(CCN4CCCCC4)cc3)nn2CC(=O)NC(C)C)c1. The zero-order chi connectivity index (χ0) is 23.9. The predicted molar refractivity (Wildman–Crippen MR) is 135 cm³/mol. The smallest absolute Gasteiger partial charge is 0.242 e. The van der Waals surface area contributed by atoms with Gasteiger partial charge in [-0.3, -0.25) is 4.79 Å². The standard InChI is InChI=1S/C27H35N5O2/c1-20(2)28-25(33)19-32-27(23-8-7-9-24(18-23)34-3)29-26(30-32)22-12-10-21(11-13-22)14-17-31-15-5-4-6-16-31/h7-13,18,20H,4-6,14-17,19H2,1-3H3,(H,28,33). The van der Waals surface area contributed by atoms with Crippen molar-refractivity contribution < 1.29 is 9.53 Å². The summed E-state index contributed by atoms with van der Waals surface area (Å²) in [5.41, 5.74) is 3.11. The van der Waals surface area contributed by atoms with Crippen LogP contribution in [0.25, 0.3) is 22.8 Å². The first kappa shape index (κ1) is 24.0. The van der Waals surface area contributed by atoms with Crippen LogP contribution in [0.2, 0.25) is 0 Å². The molecule has 3 aromatic rings. The van der Waals surface area contributed by atoms with Crippen LogP contribution in [0.1, 0.15) is 38.7 Å². The molecule has 0 bridgehead atoms. The Morgan fingerprint density at radius 2 is 1.82 bits per heavy atom. The largest absolute Gasteiger partial charge is 0.497 e. The van der Waals surface area contributed by atoms with Crippen LogP contribution < -0.4 is 10.1 Å². The highest BCUT2D eigenvalue weighted by atomic mass is 16.5. The lowest BCUT2D eigenvalue weighted by Crippen LogP contribution is -2.33. The summed E-state index contributed by atoms with van der Waals surface area (Å²) in [6, 6.07) is 16.2. The summed E-state index contributed by atoms with van der Waals surface area (Å²) in [7, 11) is 1.64.